The van der Waals surface area contributed by atoms with Crippen LogP contribution in [0, 0.1) is 18.3 Å². The van der Waals surface area contributed by atoms with Crippen LogP contribution in [-0.4, -0.2) is 35.0 Å². The first kappa shape index (κ1) is 15.5. The molecule has 0 aliphatic carbocycles. The van der Waals surface area contributed by atoms with Crippen molar-refractivity contribution in [1.82, 2.24) is 4.90 Å². The Balaban J connectivity index is 4.64. The lowest BCUT2D eigenvalue weighted by atomic mass is 9.96. The van der Waals surface area contributed by atoms with E-state index in [2.05, 4.69) is 5.92 Å². The number of carbonyl (C=O) groups is 2. The van der Waals surface area contributed by atoms with Crippen LogP contribution in [0.15, 0.2) is 0 Å². The van der Waals surface area contributed by atoms with Gasteiger partial charge in [-0.05, 0) is 12.8 Å². The number of amides is 1. The first-order chi connectivity index (χ1) is 8.06. The van der Waals surface area contributed by atoms with E-state index in [1.54, 1.807) is 0 Å². The number of hydrogen-bond acceptors (Lipinski definition) is 2. The second-order valence-corrected chi connectivity index (χ2v) is 4.07. The van der Waals surface area contributed by atoms with Crippen LogP contribution in [0.25, 0.3) is 0 Å². The zero-order valence-electron chi connectivity index (χ0n) is 10.6. The number of rotatable bonds is 8. The van der Waals surface area contributed by atoms with Crippen LogP contribution in [-0.2, 0) is 9.59 Å². The molecule has 4 heteroatoms. The molecule has 0 aromatic rings. The standard InChI is InChI=1S/C13H21NO3/c1-4-7-11(8-5-2)13(17)14(9-6-3)10-12(15)16/h3,11H,4-5,7-10H2,1-2H3,(H,15,16). The van der Waals surface area contributed by atoms with Gasteiger partial charge < -0.3 is 10.0 Å². The second kappa shape index (κ2) is 8.63. The Hall–Kier alpha value is -1.50. The third-order valence-corrected chi connectivity index (χ3v) is 2.54. The van der Waals surface area contributed by atoms with Gasteiger partial charge in [-0.1, -0.05) is 32.6 Å². The summed E-state index contributed by atoms with van der Waals surface area (Å²) >= 11 is 0. The Morgan fingerprint density at radius 1 is 1.29 bits per heavy atom. The number of nitrogens with zero attached hydrogens (tertiary/aromatic N) is 1. The van der Waals surface area contributed by atoms with Crippen LogP contribution >= 0.6 is 0 Å². The molecule has 0 unspecified atom stereocenters. The normalized spacial score (nSPS) is 10.0. The van der Waals surface area contributed by atoms with E-state index in [9.17, 15) is 9.59 Å². The van der Waals surface area contributed by atoms with Crippen molar-refractivity contribution in [2.24, 2.45) is 5.92 Å². The summed E-state index contributed by atoms with van der Waals surface area (Å²) in [7, 11) is 0. The third kappa shape index (κ3) is 5.96. The van der Waals surface area contributed by atoms with Crippen molar-refractivity contribution in [2.75, 3.05) is 13.1 Å². The molecule has 4 nitrogen and oxygen atoms in total. The Kier molecular flexibility index (Phi) is 7.87. The van der Waals surface area contributed by atoms with E-state index in [0.29, 0.717) is 0 Å². The molecule has 0 saturated carbocycles. The van der Waals surface area contributed by atoms with E-state index in [1.165, 1.54) is 4.90 Å². The predicted molar refractivity (Wildman–Crippen MR) is 66.4 cm³/mol. The summed E-state index contributed by atoms with van der Waals surface area (Å²) in [6, 6.07) is 0. The van der Waals surface area contributed by atoms with Gasteiger partial charge in [0.2, 0.25) is 5.91 Å². The zero-order chi connectivity index (χ0) is 13.3. The molecule has 0 fully saturated rings. The largest absolute Gasteiger partial charge is 0.480 e. The lowest BCUT2D eigenvalue weighted by Gasteiger charge is -2.24. The van der Waals surface area contributed by atoms with E-state index in [1.807, 2.05) is 13.8 Å². The van der Waals surface area contributed by atoms with Crippen LogP contribution < -0.4 is 0 Å². The highest BCUT2D eigenvalue weighted by atomic mass is 16.4. The van der Waals surface area contributed by atoms with Gasteiger partial charge in [0.05, 0.1) is 6.54 Å². The Morgan fingerprint density at radius 2 is 1.82 bits per heavy atom. The highest BCUT2D eigenvalue weighted by molar-refractivity contribution is 5.83. The Bertz CT molecular complexity index is 288. The number of hydrogen-bond donors (Lipinski definition) is 1. The van der Waals surface area contributed by atoms with Crippen molar-refractivity contribution in [3.05, 3.63) is 0 Å². The minimum atomic E-state index is -1.03. The SMILES string of the molecule is C#CCN(CC(=O)O)C(=O)C(CCC)CCC. The summed E-state index contributed by atoms with van der Waals surface area (Å²) in [5, 5.41) is 8.74. The molecule has 0 bridgehead atoms. The van der Waals surface area contributed by atoms with Gasteiger partial charge in [-0.2, -0.15) is 0 Å². The van der Waals surface area contributed by atoms with Crippen molar-refractivity contribution < 1.29 is 14.7 Å². The summed E-state index contributed by atoms with van der Waals surface area (Å²) in [5.41, 5.74) is 0. The molecule has 0 aromatic heterocycles. The summed E-state index contributed by atoms with van der Waals surface area (Å²) in [4.78, 5) is 24.0. The molecule has 1 N–H and O–H groups in total. The van der Waals surface area contributed by atoms with E-state index in [4.69, 9.17) is 11.5 Å². The van der Waals surface area contributed by atoms with Crippen LogP contribution in [0.3, 0.4) is 0 Å². The van der Waals surface area contributed by atoms with E-state index in [-0.39, 0.29) is 24.9 Å². The highest BCUT2D eigenvalue weighted by Gasteiger charge is 2.23. The lowest BCUT2D eigenvalue weighted by Crippen LogP contribution is -2.40. The monoisotopic (exact) mass is 239 g/mol. The average molecular weight is 239 g/mol. The first-order valence-corrected chi connectivity index (χ1v) is 6.00. The second-order valence-electron chi connectivity index (χ2n) is 4.07. The van der Waals surface area contributed by atoms with Crippen molar-refractivity contribution in [1.29, 1.82) is 0 Å². The number of terminal acetylenes is 1. The maximum Gasteiger partial charge on any atom is 0.323 e. The minimum Gasteiger partial charge on any atom is -0.480 e. The molecule has 0 radical (unpaired) electrons. The topological polar surface area (TPSA) is 57.6 Å². The predicted octanol–water partition coefficient (Wildman–Crippen LogP) is 1.75. The molecular formula is C13H21NO3. The van der Waals surface area contributed by atoms with Crippen LogP contribution in [0.4, 0.5) is 0 Å². The van der Waals surface area contributed by atoms with E-state index >= 15 is 0 Å². The summed E-state index contributed by atoms with van der Waals surface area (Å²) in [6.45, 7) is 3.78. The molecule has 17 heavy (non-hydrogen) atoms. The van der Waals surface area contributed by atoms with Gasteiger partial charge in [0.15, 0.2) is 0 Å². The molecule has 0 spiro atoms. The third-order valence-electron chi connectivity index (χ3n) is 2.54. The molecule has 0 atom stereocenters. The molecule has 0 heterocycles. The van der Waals surface area contributed by atoms with Crippen molar-refractivity contribution >= 4 is 11.9 Å². The number of carboxylic acid groups (broad SMARTS) is 1. The summed E-state index contributed by atoms with van der Waals surface area (Å²) in [5.74, 6) is 1.08. The summed E-state index contributed by atoms with van der Waals surface area (Å²) in [6.07, 6.45) is 8.54. The van der Waals surface area contributed by atoms with Gasteiger partial charge in [-0.15, -0.1) is 6.42 Å². The fourth-order valence-corrected chi connectivity index (χ4v) is 1.83. The van der Waals surface area contributed by atoms with E-state index in [0.717, 1.165) is 25.7 Å². The Labute approximate surface area is 103 Å². The molecule has 0 aliphatic rings. The molecule has 1 amide bonds. The van der Waals surface area contributed by atoms with Gasteiger partial charge in [0, 0.05) is 5.92 Å². The maximum absolute atomic E-state index is 12.1. The smallest absolute Gasteiger partial charge is 0.323 e. The van der Waals surface area contributed by atoms with Gasteiger partial charge >= 0.3 is 5.97 Å². The fourth-order valence-electron chi connectivity index (χ4n) is 1.83. The molecular weight excluding hydrogens is 218 g/mol. The van der Waals surface area contributed by atoms with Crippen molar-refractivity contribution in [3.8, 4) is 12.3 Å². The minimum absolute atomic E-state index is 0.0645. The first-order valence-electron chi connectivity index (χ1n) is 6.00. The quantitative estimate of drug-likeness (QED) is 0.656. The molecule has 0 saturated heterocycles. The van der Waals surface area contributed by atoms with Crippen LogP contribution in [0.2, 0.25) is 0 Å². The Morgan fingerprint density at radius 3 is 2.18 bits per heavy atom. The zero-order valence-corrected chi connectivity index (χ0v) is 10.6. The molecule has 0 rings (SSSR count). The van der Waals surface area contributed by atoms with Crippen molar-refractivity contribution in [2.45, 2.75) is 39.5 Å². The van der Waals surface area contributed by atoms with Crippen LogP contribution in [0.1, 0.15) is 39.5 Å². The van der Waals surface area contributed by atoms with Crippen LogP contribution in [0.5, 0.6) is 0 Å². The number of aliphatic carboxylic acids is 1. The molecule has 96 valence electrons. The van der Waals surface area contributed by atoms with Gasteiger partial charge in [0.1, 0.15) is 6.54 Å². The van der Waals surface area contributed by atoms with Gasteiger partial charge in [0.25, 0.3) is 0 Å². The van der Waals surface area contributed by atoms with Gasteiger partial charge in [-0.3, -0.25) is 9.59 Å². The number of carbonyl (C=O) groups excluding carboxylic acids is 1. The molecule has 0 aliphatic heterocycles. The summed E-state index contributed by atoms with van der Waals surface area (Å²) < 4.78 is 0. The average Bonchev–Trinajstić information content (AvgIpc) is 2.27. The lowest BCUT2D eigenvalue weighted by molar-refractivity contribution is -0.146. The fraction of sp³-hybridized carbons (Fsp3) is 0.692. The van der Waals surface area contributed by atoms with E-state index < -0.39 is 5.97 Å². The number of carboxylic acids is 1. The van der Waals surface area contributed by atoms with Gasteiger partial charge in [-0.25, -0.2) is 0 Å². The maximum atomic E-state index is 12.1. The molecule has 0 aromatic carbocycles. The van der Waals surface area contributed by atoms with Crippen molar-refractivity contribution in [3.63, 3.8) is 0 Å². The highest BCUT2D eigenvalue weighted by Crippen LogP contribution is 2.16.